The summed E-state index contributed by atoms with van der Waals surface area (Å²) in [5, 5.41) is 3.80. The summed E-state index contributed by atoms with van der Waals surface area (Å²) in [7, 11) is -0.527. The molecule has 43 heavy (non-hydrogen) atoms. The fraction of sp³-hybridized carbons (Fsp3) is 0.516. The minimum atomic E-state index is -2.09. The molecule has 0 saturated carbocycles. The van der Waals surface area contributed by atoms with Gasteiger partial charge in [0.15, 0.2) is 8.32 Å². The number of amides is 1. The lowest BCUT2D eigenvalue weighted by molar-refractivity contribution is 0.0175. The van der Waals surface area contributed by atoms with Gasteiger partial charge >= 0.3 is 6.09 Å². The van der Waals surface area contributed by atoms with E-state index in [2.05, 4.69) is 49.1 Å². The highest BCUT2D eigenvalue weighted by Crippen LogP contribution is 2.40. The van der Waals surface area contributed by atoms with Gasteiger partial charge in [0, 0.05) is 24.4 Å². The van der Waals surface area contributed by atoms with Gasteiger partial charge < -0.3 is 24.0 Å². The van der Waals surface area contributed by atoms with Gasteiger partial charge in [-0.1, -0.05) is 32.4 Å². The maximum absolute atomic E-state index is 13.8. The molecule has 0 aliphatic carbocycles. The zero-order valence-electron chi connectivity index (χ0n) is 26.4. The quantitative estimate of drug-likeness (QED) is 0.250. The highest BCUT2D eigenvalue weighted by molar-refractivity contribution is 6.74. The largest absolute Gasteiger partial charge is 0.497 e. The Morgan fingerprint density at radius 2 is 1.86 bits per heavy atom. The molecule has 0 radical (unpaired) electrons. The smallest absolute Gasteiger partial charge is 0.410 e. The van der Waals surface area contributed by atoms with E-state index >= 15 is 0 Å². The average Bonchev–Trinajstić information content (AvgIpc) is 3.29. The maximum Gasteiger partial charge on any atom is 0.410 e. The normalized spacial score (nSPS) is 17.7. The van der Waals surface area contributed by atoms with Crippen LogP contribution in [0.5, 0.6) is 11.5 Å². The Bertz CT molecular complexity index is 1480. The molecular weight excluding hydrogens is 591 g/mol. The second-order valence-electron chi connectivity index (χ2n) is 13.3. The monoisotopic (exact) mass is 632 g/mol. The van der Waals surface area contributed by atoms with Gasteiger partial charge in [-0.25, -0.2) is 19.2 Å². The van der Waals surface area contributed by atoms with Gasteiger partial charge in [0.2, 0.25) is 0 Å². The Morgan fingerprint density at radius 1 is 1.14 bits per heavy atom. The van der Waals surface area contributed by atoms with Crippen molar-refractivity contribution in [2.24, 2.45) is 0 Å². The van der Waals surface area contributed by atoms with Crippen LogP contribution >= 0.6 is 11.6 Å². The van der Waals surface area contributed by atoms with E-state index in [4.69, 9.17) is 30.2 Å². The molecule has 12 heteroatoms. The number of carbonyl (C=O) groups is 1. The van der Waals surface area contributed by atoms with Crippen molar-refractivity contribution in [1.82, 2.24) is 14.9 Å². The minimum Gasteiger partial charge on any atom is -0.497 e. The van der Waals surface area contributed by atoms with E-state index in [0.717, 1.165) is 0 Å². The Balaban J connectivity index is 1.65. The van der Waals surface area contributed by atoms with Crippen LogP contribution in [0.3, 0.4) is 0 Å². The number of benzene rings is 2. The van der Waals surface area contributed by atoms with E-state index < -0.39 is 25.8 Å². The third-order valence-corrected chi connectivity index (χ3v) is 12.6. The molecule has 1 fully saturated rings. The number of nitrogens with one attached hydrogen (secondary N) is 1. The van der Waals surface area contributed by atoms with Gasteiger partial charge in [-0.2, -0.15) is 0 Å². The SMILES string of the molecule is COc1cc(OC[C@H]2C[C@H](O[Si](C)(C)C(C)(C)C)CN2C(=O)OC(C)(C)C)c2c(Nc3ccc(F)c(Cl)c3)ncnc2c1. The fourth-order valence-corrected chi connectivity index (χ4v) is 6.15. The predicted octanol–water partition coefficient (Wildman–Crippen LogP) is 7.95. The summed E-state index contributed by atoms with van der Waals surface area (Å²) in [6.07, 6.45) is 1.47. The van der Waals surface area contributed by atoms with Crippen LogP contribution in [0.1, 0.15) is 48.0 Å². The molecule has 234 valence electrons. The molecule has 0 spiro atoms. The van der Waals surface area contributed by atoms with Crippen molar-refractivity contribution < 1.29 is 27.8 Å². The van der Waals surface area contributed by atoms with Crippen molar-refractivity contribution >= 4 is 48.4 Å². The topological polar surface area (TPSA) is 95.0 Å². The third kappa shape index (κ3) is 7.87. The number of hydrogen-bond donors (Lipinski definition) is 1. The molecule has 1 aliphatic heterocycles. The molecular formula is C31H42ClFN4O5Si. The van der Waals surface area contributed by atoms with E-state index in [1.165, 1.54) is 18.5 Å². The molecule has 3 aromatic rings. The van der Waals surface area contributed by atoms with Crippen molar-refractivity contribution in [1.29, 1.82) is 0 Å². The van der Waals surface area contributed by atoms with Gasteiger partial charge in [-0.05, 0) is 63.5 Å². The van der Waals surface area contributed by atoms with Crippen LogP contribution in [0.25, 0.3) is 10.9 Å². The Labute approximate surface area is 259 Å². The van der Waals surface area contributed by atoms with Gasteiger partial charge in [-0.3, -0.25) is 4.90 Å². The van der Waals surface area contributed by atoms with Crippen molar-refractivity contribution in [3.05, 3.63) is 47.5 Å². The van der Waals surface area contributed by atoms with Crippen LogP contribution in [0.15, 0.2) is 36.7 Å². The summed E-state index contributed by atoms with van der Waals surface area (Å²) in [5.74, 6) is 0.936. The molecule has 1 amide bonds. The number of anilines is 2. The molecule has 1 aromatic heterocycles. The lowest BCUT2D eigenvalue weighted by Gasteiger charge is -2.38. The van der Waals surface area contributed by atoms with Gasteiger partial charge in [-0.15, -0.1) is 0 Å². The van der Waals surface area contributed by atoms with Crippen molar-refractivity contribution in [3.63, 3.8) is 0 Å². The standard InChI is InChI=1S/C31H42ClFN4O5Si/c1-30(2,3)41-29(38)37-16-22(42-43(8,9)31(4,5)6)13-20(37)17-40-26-15-21(39-7)14-25-27(26)28(35-18-34-25)36-19-10-11-24(33)23(32)12-19/h10-12,14-15,18,20,22H,13,16-17H2,1-9H3,(H,34,35,36)/t20-,22+/m1/s1. The number of ether oxygens (including phenoxy) is 3. The molecule has 2 aromatic carbocycles. The van der Waals surface area contributed by atoms with Gasteiger partial charge in [0.05, 0.1) is 35.2 Å². The van der Waals surface area contributed by atoms with Crippen LogP contribution in [-0.2, 0) is 9.16 Å². The number of likely N-dealkylation sites (tertiary alicyclic amines) is 1. The number of carbonyl (C=O) groups excluding carboxylic acids is 1. The number of halogens is 2. The maximum atomic E-state index is 13.8. The second-order valence-corrected chi connectivity index (χ2v) is 18.5. The summed E-state index contributed by atoms with van der Waals surface area (Å²) < 4.78 is 38.2. The molecule has 0 unspecified atom stereocenters. The van der Waals surface area contributed by atoms with E-state index in [-0.39, 0.29) is 28.8 Å². The average molecular weight is 633 g/mol. The lowest BCUT2D eigenvalue weighted by atomic mass is 10.1. The highest BCUT2D eigenvalue weighted by atomic mass is 35.5. The molecule has 1 aliphatic rings. The summed E-state index contributed by atoms with van der Waals surface area (Å²) in [6.45, 7) is 17.1. The van der Waals surface area contributed by atoms with E-state index in [1.54, 1.807) is 30.2 Å². The van der Waals surface area contributed by atoms with Gasteiger partial charge in [0.1, 0.15) is 41.7 Å². The first kappa shape index (κ1) is 32.8. The first-order chi connectivity index (χ1) is 20.0. The predicted molar refractivity (Wildman–Crippen MR) is 170 cm³/mol. The lowest BCUT2D eigenvalue weighted by Crippen LogP contribution is -2.45. The fourth-order valence-electron chi connectivity index (χ4n) is 4.61. The first-order valence-electron chi connectivity index (χ1n) is 14.3. The zero-order chi connectivity index (χ0) is 31.7. The van der Waals surface area contributed by atoms with Crippen LogP contribution in [0.2, 0.25) is 23.2 Å². The van der Waals surface area contributed by atoms with E-state index in [0.29, 0.717) is 46.9 Å². The summed E-state index contributed by atoms with van der Waals surface area (Å²) in [5.41, 5.74) is 0.477. The zero-order valence-corrected chi connectivity index (χ0v) is 28.1. The third-order valence-electron chi connectivity index (χ3n) is 7.80. The number of aromatic nitrogens is 2. The summed E-state index contributed by atoms with van der Waals surface area (Å²) in [6, 6.07) is 7.56. The van der Waals surface area contributed by atoms with Crippen LogP contribution in [-0.4, -0.2) is 67.3 Å². The van der Waals surface area contributed by atoms with E-state index in [9.17, 15) is 9.18 Å². The Morgan fingerprint density at radius 3 is 2.49 bits per heavy atom. The molecule has 4 rings (SSSR count). The molecule has 1 saturated heterocycles. The van der Waals surface area contributed by atoms with Gasteiger partial charge in [0.25, 0.3) is 0 Å². The van der Waals surface area contributed by atoms with Crippen LogP contribution in [0.4, 0.5) is 20.7 Å². The van der Waals surface area contributed by atoms with Crippen molar-refractivity contribution in [2.75, 3.05) is 25.6 Å². The summed E-state index contributed by atoms with van der Waals surface area (Å²) in [4.78, 5) is 23.9. The molecule has 9 nitrogen and oxygen atoms in total. The van der Waals surface area contributed by atoms with Crippen LogP contribution < -0.4 is 14.8 Å². The number of fused-ring (bicyclic) bond motifs is 1. The Hall–Kier alpha value is -3.15. The molecule has 2 heterocycles. The van der Waals surface area contributed by atoms with E-state index in [1.807, 2.05) is 20.8 Å². The summed E-state index contributed by atoms with van der Waals surface area (Å²) >= 11 is 6.01. The van der Waals surface area contributed by atoms with Crippen LogP contribution in [0, 0.1) is 5.82 Å². The second kappa shape index (κ2) is 12.5. The molecule has 1 N–H and O–H groups in total. The number of hydrogen-bond acceptors (Lipinski definition) is 8. The highest BCUT2D eigenvalue weighted by Gasteiger charge is 2.44. The van der Waals surface area contributed by atoms with Crippen molar-refractivity contribution in [3.8, 4) is 11.5 Å². The Kier molecular flexibility index (Phi) is 9.49. The number of nitrogens with zero attached hydrogens (tertiary/aromatic N) is 3. The minimum absolute atomic E-state index is 0.0144. The number of rotatable bonds is 8. The molecule has 0 bridgehead atoms. The van der Waals surface area contributed by atoms with Crippen molar-refractivity contribution in [2.45, 2.75) is 83.8 Å². The number of methoxy groups -OCH3 is 1. The molecule has 2 atom stereocenters. The first-order valence-corrected chi connectivity index (χ1v) is 17.6.